The first-order valence-electron chi connectivity index (χ1n) is 8.29. The number of benzene rings is 1. The molecule has 1 aliphatic rings. The summed E-state index contributed by atoms with van der Waals surface area (Å²) in [5, 5.41) is 6.05. The van der Waals surface area contributed by atoms with Crippen molar-refractivity contribution in [3.63, 3.8) is 0 Å². The average molecular weight is 386 g/mol. The van der Waals surface area contributed by atoms with Crippen molar-refractivity contribution in [2.75, 3.05) is 18.7 Å². The number of nitrogens with one attached hydrogen (secondary N) is 1. The number of imidazole rings is 1. The van der Waals surface area contributed by atoms with Gasteiger partial charge in [-0.1, -0.05) is 6.07 Å². The fraction of sp³-hybridized carbons (Fsp3) is 0.263. The lowest BCUT2D eigenvalue weighted by atomic mass is 10.00. The molecule has 0 unspecified atom stereocenters. The highest BCUT2D eigenvalue weighted by atomic mass is 32.2. The molecule has 0 saturated carbocycles. The zero-order valence-corrected chi connectivity index (χ0v) is 16.5. The number of rotatable bonds is 3. The Labute approximate surface area is 160 Å². The number of nitrogens with zero attached hydrogens (tertiary/aromatic N) is 2. The predicted molar refractivity (Wildman–Crippen MR) is 107 cm³/mol. The SMILES string of the molecule is COC(=O)Nc1ccc2c(c1)-c1nc(-c3ccsc3C)c(SC)n1CC2. The summed E-state index contributed by atoms with van der Waals surface area (Å²) < 4.78 is 6.99. The van der Waals surface area contributed by atoms with Crippen LogP contribution in [0, 0.1) is 6.92 Å². The molecule has 0 bridgehead atoms. The van der Waals surface area contributed by atoms with Gasteiger partial charge in [0.25, 0.3) is 0 Å². The summed E-state index contributed by atoms with van der Waals surface area (Å²) in [6.45, 7) is 3.05. The van der Waals surface area contributed by atoms with E-state index < -0.39 is 6.09 Å². The van der Waals surface area contributed by atoms with Gasteiger partial charge in [-0.25, -0.2) is 9.78 Å². The Balaban J connectivity index is 1.84. The Hall–Kier alpha value is -2.25. The monoisotopic (exact) mass is 385 g/mol. The lowest BCUT2D eigenvalue weighted by Gasteiger charge is -2.20. The van der Waals surface area contributed by atoms with E-state index in [-0.39, 0.29) is 0 Å². The van der Waals surface area contributed by atoms with Crippen LogP contribution in [-0.4, -0.2) is 29.0 Å². The number of aryl methyl sites for hydroxylation is 2. The number of hydrogen-bond acceptors (Lipinski definition) is 5. The number of hydrogen-bond donors (Lipinski definition) is 1. The van der Waals surface area contributed by atoms with Gasteiger partial charge in [0.2, 0.25) is 0 Å². The molecule has 5 nitrogen and oxygen atoms in total. The highest BCUT2D eigenvalue weighted by Crippen LogP contribution is 2.40. The van der Waals surface area contributed by atoms with E-state index in [2.05, 4.69) is 40.6 Å². The Morgan fingerprint density at radius 2 is 2.19 bits per heavy atom. The van der Waals surface area contributed by atoms with Crippen molar-refractivity contribution in [2.45, 2.75) is 24.9 Å². The van der Waals surface area contributed by atoms with Gasteiger partial charge in [-0.2, -0.15) is 0 Å². The smallest absolute Gasteiger partial charge is 0.411 e. The van der Waals surface area contributed by atoms with E-state index in [0.717, 1.165) is 30.0 Å². The molecule has 4 rings (SSSR count). The maximum atomic E-state index is 11.5. The molecule has 0 radical (unpaired) electrons. The van der Waals surface area contributed by atoms with Crippen LogP contribution in [0.4, 0.5) is 10.5 Å². The van der Waals surface area contributed by atoms with Gasteiger partial charge in [0.15, 0.2) is 0 Å². The Kier molecular flexibility index (Phi) is 4.50. The molecule has 1 N–H and O–H groups in total. The fourth-order valence-corrected chi connectivity index (χ4v) is 4.79. The van der Waals surface area contributed by atoms with Gasteiger partial charge in [0, 0.05) is 28.2 Å². The van der Waals surface area contributed by atoms with Crippen LogP contribution < -0.4 is 5.32 Å². The summed E-state index contributed by atoms with van der Waals surface area (Å²) in [4.78, 5) is 17.8. The van der Waals surface area contributed by atoms with Gasteiger partial charge in [-0.05, 0) is 48.7 Å². The van der Waals surface area contributed by atoms with Crippen LogP contribution in [0.5, 0.6) is 0 Å². The lowest BCUT2D eigenvalue weighted by molar-refractivity contribution is 0.187. The molecule has 0 atom stereocenters. The number of thioether (sulfide) groups is 1. The largest absolute Gasteiger partial charge is 0.453 e. The zero-order valence-electron chi connectivity index (χ0n) is 14.8. The van der Waals surface area contributed by atoms with Crippen molar-refractivity contribution < 1.29 is 9.53 Å². The Morgan fingerprint density at radius 3 is 2.88 bits per heavy atom. The molecule has 0 spiro atoms. The fourth-order valence-electron chi connectivity index (χ4n) is 3.35. The third kappa shape index (κ3) is 2.81. The number of aromatic nitrogens is 2. The topological polar surface area (TPSA) is 56.1 Å². The van der Waals surface area contributed by atoms with Crippen LogP contribution in [0.15, 0.2) is 34.7 Å². The molecule has 0 saturated heterocycles. The normalized spacial score (nSPS) is 12.4. The zero-order chi connectivity index (χ0) is 18.3. The molecular formula is C19H19N3O2S2. The number of amides is 1. The number of ether oxygens (including phenoxy) is 1. The third-order valence-corrected chi connectivity index (χ3v) is 6.26. The molecule has 1 aromatic carbocycles. The second kappa shape index (κ2) is 6.81. The lowest BCUT2D eigenvalue weighted by Crippen LogP contribution is -2.14. The number of carbonyl (C=O) groups excluding carboxylic acids is 1. The summed E-state index contributed by atoms with van der Waals surface area (Å²) in [6, 6.07) is 8.10. The van der Waals surface area contributed by atoms with Crippen LogP contribution in [-0.2, 0) is 17.7 Å². The van der Waals surface area contributed by atoms with Crippen LogP contribution in [0.3, 0.4) is 0 Å². The molecule has 134 valence electrons. The van der Waals surface area contributed by atoms with Crippen molar-refractivity contribution in [3.05, 3.63) is 40.1 Å². The van der Waals surface area contributed by atoms with Crippen LogP contribution in [0.1, 0.15) is 10.4 Å². The third-order valence-electron chi connectivity index (χ3n) is 4.62. The first-order chi connectivity index (χ1) is 12.6. The van der Waals surface area contributed by atoms with Crippen molar-refractivity contribution in [1.82, 2.24) is 9.55 Å². The number of fused-ring (bicyclic) bond motifs is 3. The van der Waals surface area contributed by atoms with Crippen molar-refractivity contribution in [3.8, 4) is 22.6 Å². The Morgan fingerprint density at radius 1 is 1.35 bits per heavy atom. The molecule has 2 aromatic heterocycles. The minimum atomic E-state index is -0.469. The van der Waals surface area contributed by atoms with Gasteiger partial charge in [0.1, 0.15) is 16.5 Å². The second-order valence-electron chi connectivity index (χ2n) is 6.07. The predicted octanol–water partition coefficient (Wildman–Crippen LogP) is 5.04. The summed E-state index contributed by atoms with van der Waals surface area (Å²) >= 11 is 3.47. The van der Waals surface area contributed by atoms with E-state index in [1.807, 2.05) is 12.1 Å². The van der Waals surface area contributed by atoms with Crippen LogP contribution in [0.2, 0.25) is 0 Å². The summed E-state index contributed by atoms with van der Waals surface area (Å²) in [5.41, 5.74) is 5.28. The molecular weight excluding hydrogens is 366 g/mol. The minimum absolute atomic E-state index is 0.469. The summed E-state index contributed by atoms with van der Waals surface area (Å²) in [6.07, 6.45) is 2.58. The van der Waals surface area contributed by atoms with Crippen molar-refractivity contribution >= 4 is 34.9 Å². The number of carbonyl (C=O) groups is 1. The molecule has 3 aromatic rings. The quantitative estimate of drug-likeness (QED) is 0.642. The molecule has 0 fully saturated rings. The van der Waals surface area contributed by atoms with Crippen LogP contribution >= 0.6 is 23.1 Å². The van der Waals surface area contributed by atoms with Gasteiger partial charge < -0.3 is 9.30 Å². The second-order valence-corrected chi connectivity index (χ2v) is 7.99. The molecule has 0 aliphatic carbocycles. The van der Waals surface area contributed by atoms with Crippen molar-refractivity contribution in [1.29, 1.82) is 0 Å². The van der Waals surface area contributed by atoms with Crippen molar-refractivity contribution in [2.24, 2.45) is 0 Å². The van der Waals surface area contributed by atoms with E-state index in [0.29, 0.717) is 5.69 Å². The van der Waals surface area contributed by atoms with Gasteiger partial charge in [-0.3, -0.25) is 5.32 Å². The molecule has 7 heteroatoms. The van der Waals surface area contributed by atoms with E-state index in [1.54, 1.807) is 23.1 Å². The van der Waals surface area contributed by atoms with E-state index >= 15 is 0 Å². The molecule has 1 aliphatic heterocycles. The number of methoxy groups -OCH3 is 1. The molecule has 3 heterocycles. The van der Waals surface area contributed by atoms with Gasteiger partial charge in [-0.15, -0.1) is 23.1 Å². The van der Waals surface area contributed by atoms with Crippen LogP contribution in [0.25, 0.3) is 22.6 Å². The van der Waals surface area contributed by atoms with Gasteiger partial charge in [0.05, 0.1) is 7.11 Å². The number of anilines is 1. The molecule has 1 amide bonds. The summed E-state index contributed by atoms with van der Waals surface area (Å²) in [7, 11) is 1.36. The first kappa shape index (κ1) is 17.2. The highest BCUT2D eigenvalue weighted by Gasteiger charge is 2.25. The standard InChI is InChI=1S/C19H19N3O2S2/c1-11-14(7-9-26-11)16-18(25-3)22-8-6-12-4-5-13(20-19(23)24-2)10-15(12)17(22)21-16/h4-5,7,9-10H,6,8H2,1-3H3,(H,20,23). The van der Waals surface area contributed by atoms with E-state index in [9.17, 15) is 4.79 Å². The average Bonchev–Trinajstić information content (AvgIpc) is 3.24. The maximum Gasteiger partial charge on any atom is 0.411 e. The first-order valence-corrected chi connectivity index (χ1v) is 10.4. The maximum absolute atomic E-state index is 11.5. The van der Waals surface area contributed by atoms with E-state index in [1.165, 1.54) is 28.1 Å². The minimum Gasteiger partial charge on any atom is -0.453 e. The van der Waals surface area contributed by atoms with E-state index in [4.69, 9.17) is 9.72 Å². The Bertz CT molecular complexity index is 991. The highest BCUT2D eigenvalue weighted by molar-refractivity contribution is 7.98. The van der Waals surface area contributed by atoms with Gasteiger partial charge >= 0.3 is 6.09 Å². The molecule has 26 heavy (non-hydrogen) atoms. The number of thiophene rings is 1. The summed E-state index contributed by atoms with van der Waals surface area (Å²) in [5.74, 6) is 0.963.